The number of aromatic nitrogens is 1. The van der Waals surface area contributed by atoms with Crippen LogP contribution in [-0.2, 0) is 26.7 Å². The van der Waals surface area contributed by atoms with Gasteiger partial charge in [0.15, 0.2) is 0 Å². The van der Waals surface area contributed by atoms with Crippen LogP contribution in [0.4, 0.5) is 0 Å². The summed E-state index contributed by atoms with van der Waals surface area (Å²) in [5.41, 5.74) is 3.81. The van der Waals surface area contributed by atoms with Crippen LogP contribution >= 0.6 is 0 Å². The van der Waals surface area contributed by atoms with Gasteiger partial charge in [0.05, 0.1) is 10.5 Å². The average molecular weight is 570 g/mol. The fourth-order valence-corrected chi connectivity index (χ4v) is 8.15. The maximum Gasteiger partial charge on any atom is 0.253 e. The number of carbonyl (C=O) groups excluding carboxylic acids is 1. The normalized spacial score (nSPS) is 20.4. The molecule has 0 spiro atoms. The number of benzene rings is 1. The minimum Gasteiger partial charge on any atom is -0.381 e. The molecule has 1 saturated heterocycles. The van der Waals surface area contributed by atoms with Gasteiger partial charge in [0.25, 0.3) is 5.91 Å². The van der Waals surface area contributed by atoms with Crippen LogP contribution in [0.5, 0.6) is 0 Å². The van der Waals surface area contributed by atoms with Crippen molar-refractivity contribution in [3.05, 3.63) is 41.1 Å². The van der Waals surface area contributed by atoms with Crippen molar-refractivity contribution in [2.45, 2.75) is 121 Å². The molecule has 0 unspecified atom stereocenters. The predicted octanol–water partition coefficient (Wildman–Crippen LogP) is 6.08. The molecule has 0 bridgehead atoms. The first-order chi connectivity index (χ1) is 18.9. The van der Waals surface area contributed by atoms with E-state index in [9.17, 15) is 13.2 Å². The third-order valence-electron chi connectivity index (χ3n) is 8.99. The first-order valence-electron chi connectivity index (χ1n) is 15.1. The van der Waals surface area contributed by atoms with Crippen molar-refractivity contribution in [1.29, 1.82) is 0 Å². The fraction of sp³-hybridized carbons (Fsp3) is 0.656. The molecule has 2 aromatic rings. The zero-order chi connectivity index (χ0) is 28.7. The molecule has 220 valence electrons. The van der Waals surface area contributed by atoms with Gasteiger partial charge in [-0.05, 0) is 107 Å². The van der Waals surface area contributed by atoms with Crippen LogP contribution in [0.25, 0.3) is 11.3 Å². The van der Waals surface area contributed by atoms with Gasteiger partial charge in [-0.3, -0.25) is 4.79 Å². The Morgan fingerprint density at radius 1 is 1.05 bits per heavy atom. The predicted molar refractivity (Wildman–Crippen MR) is 159 cm³/mol. The van der Waals surface area contributed by atoms with E-state index in [1.165, 1.54) is 32.1 Å². The van der Waals surface area contributed by atoms with Gasteiger partial charge >= 0.3 is 0 Å². The van der Waals surface area contributed by atoms with Gasteiger partial charge in [0.1, 0.15) is 0 Å². The monoisotopic (exact) mass is 569 g/mol. The number of rotatable bonds is 8. The van der Waals surface area contributed by atoms with E-state index in [-0.39, 0.29) is 17.4 Å². The van der Waals surface area contributed by atoms with Crippen LogP contribution in [-0.4, -0.2) is 43.7 Å². The molecule has 7 nitrogen and oxygen atoms in total. The second kappa shape index (κ2) is 11.3. The van der Waals surface area contributed by atoms with Crippen molar-refractivity contribution in [3.63, 3.8) is 0 Å². The standard InChI is InChI=1S/C32H47N3O4S/c1-22-26(30(36)33-25-13-17-39-18-14-25)20-28(35(22)21-23-9-7-6-8-10-23)24-11-12-29(27(19-24)32(5)15-16-32)40(37,38)34-31(2,3)4/h11-12,19-20,23,25,34H,6-10,13-18,21H2,1-5H3,(H,33,36). The maximum atomic E-state index is 13.5. The van der Waals surface area contributed by atoms with Crippen molar-refractivity contribution in [1.82, 2.24) is 14.6 Å². The summed E-state index contributed by atoms with van der Waals surface area (Å²) in [4.78, 5) is 13.9. The molecule has 2 aliphatic carbocycles. The molecule has 2 saturated carbocycles. The molecule has 5 rings (SSSR count). The Morgan fingerprint density at radius 2 is 1.73 bits per heavy atom. The van der Waals surface area contributed by atoms with Crippen molar-refractivity contribution < 1.29 is 17.9 Å². The van der Waals surface area contributed by atoms with Crippen LogP contribution in [0.3, 0.4) is 0 Å². The second-order valence-corrected chi connectivity index (χ2v) is 15.3. The van der Waals surface area contributed by atoms with Gasteiger partial charge in [-0.25, -0.2) is 13.1 Å². The minimum absolute atomic E-state index is 0.0315. The summed E-state index contributed by atoms with van der Waals surface area (Å²) in [5.74, 6) is 0.553. The number of ether oxygens (including phenoxy) is 1. The van der Waals surface area contributed by atoms with E-state index in [0.29, 0.717) is 29.6 Å². The number of nitrogens with one attached hydrogen (secondary N) is 2. The molecule has 0 atom stereocenters. The number of hydrogen-bond acceptors (Lipinski definition) is 4. The lowest BCUT2D eigenvalue weighted by atomic mass is 9.89. The average Bonchev–Trinajstić information content (AvgIpc) is 3.57. The summed E-state index contributed by atoms with van der Waals surface area (Å²) >= 11 is 0. The van der Waals surface area contributed by atoms with E-state index in [2.05, 4.69) is 34.5 Å². The van der Waals surface area contributed by atoms with Crippen molar-refractivity contribution in [3.8, 4) is 11.3 Å². The molecular formula is C32H47N3O4S. The van der Waals surface area contributed by atoms with Crippen LogP contribution in [0, 0.1) is 12.8 Å². The molecular weight excluding hydrogens is 522 g/mol. The van der Waals surface area contributed by atoms with Gasteiger partial charge in [-0.15, -0.1) is 0 Å². The highest BCUT2D eigenvalue weighted by Crippen LogP contribution is 2.50. The van der Waals surface area contributed by atoms with Crippen LogP contribution in [0.15, 0.2) is 29.2 Å². The summed E-state index contributed by atoms with van der Waals surface area (Å²) in [6.45, 7) is 12.0. The van der Waals surface area contributed by atoms with Crippen molar-refractivity contribution in [2.75, 3.05) is 13.2 Å². The van der Waals surface area contributed by atoms with E-state index in [0.717, 1.165) is 54.7 Å². The summed E-state index contributed by atoms with van der Waals surface area (Å²) in [7, 11) is -3.69. The quantitative estimate of drug-likeness (QED) is 0.403. The van der Waals surface area contributed by atoms with Gasteiger partial charge in [0.2, 0.25) is 10.0 Å². The molecule has 40 heavy (non-hydrogen) atoms. The number of nitrogens with zero attached hydrogens (tertiary/aromatic N) is 1. The molecule has 0 radical (unpaired) electrons. The molecule has 2 N–H and O–H groups in total. The van der Waals surface area contributed by atoms with Gasteiger partial charge in [-0.2, -0.15) is 0 Å². The first kappa shape index (κ1) is 29.3. The summed E-state index contributed by atoms with van der Waals surface area (Å²) in [5, 5.41) is 3.25. The fourth-order valence-electron chi connectivity index (χ4n) is 6.39. The Balaban J connectivity index is 1.55. The molecule has 2 heterocycles. The van der Waals surface area contributed by atoms with E-state index in [1.54, 1.807) is 6.07 Å². The number of carbonyl (C=O) groups is 1. The van der Waals surface area contributed by atoms with Gasteiger partial charge in [0, 0.05) is 42.7 Å². The lowest BCUT2D eigenvalue weighted by molar-refractivity contribution is 0.0696. The Labute approximate surface area is 240 Å². The molecule has 1 aromatic heterocycles. The molecule has 8 heteroatoms. The van der Waals surface area contributed by atoms with Crippen LogP contribution in [0.2, 0.25) is 0 Å². The van der Waals surface area contributed by atoms with E-state index in [4.69, 9.17) is 4.74 Å². The molecule has 3 aliphatic rings. The Kier molecular flexibility index (Phi) is 8.25. The number of hydrogen-bond donors (Lipinski definition) is 2. The summed E-state index contributed by atoms with van der Waals surface area (Å²) in [6.07, 6.45) is 9.83. The van der Waals surface area contributed by atoms with E-state index < -0.39 is 15.6 Å². The molecule has 1 amide bonds. The highest BCUT2D eigenvalue weighted by atomic mass is 32.2. The lowest BCUT2D eigenvalue weighted by Crippen LogP contribution is -2.41. The Bertz CT molecular complexity index is 1340. The number of amides is 1. The maximum absolute atomic E-state index is 13.5. The highest BCUT2D eigenvalue weighted by molar-refractivity contribution is 7.89. The topological polar surface area (TPSA) is 89.4 Å². The first-order valence-corrected chi connectivity index (χ1v) is 16.6. The SMILES string of the molecule is Cc1c(C(=O)NC2CCOCC2)cc(-c2ccc(S(=O)(=O)NC(C)(C)C)c(C3(C)CC3)c2)n1CC1CCCCC1. The molecule has 3 fully saturated rings. The molecule has 1 aromatic carbocycles. The van der Waals surface area contributed by atoms with Gasteiger partial charge < -0.3 is 14.6 Å². The highest BCUT2D eigenvalue weighted by Gasteiger charge is 2.43. The zero-order valence-electron chi connectivity index (χ0n) is 24.9. The van der Waals surface area contributed by atoms with E-state index in [1.807, 2.05) is 32.9 Å². The van der Waals surface area contributed by atoms with E-state index >= 15 is 0 Å². The smallest absolute Gasteiger partial charge is 0.253 e. The summed E-state index contributed by atoms with van der Waals surface area (Å²) < 4.78 is 37.6. The second-order valence-electron chi connectivity index (χ2n) is 13.6. The third kappa shape index (κ3) is 6.50. The largest absolute Gasteiger partial charge is 0.381 e. The Hall–Kier alpha value is -2.16. The van der Waals surface area contributed by atoms with Crippen LogP contribution < -0.4 is 10.0 Å². The van der Waals surface area contributed by atoms with Gasteiger partial charge in [-0.1, -0.05) is 32.3 Å². The zero-order valence-corrected chi connectivity index (χ0v) is 25.8. The summed E-state index contributed by atoms with van der Waals surface area (Å²) in [6, 6.07) is 7.95. The molecule has 1 aliphatic heterocycles. The van der Waals surface area contributed by atoms with Crippen molar-refractivity contribution in [2.24, 2.45) is 5.92 Å². The number of sulfonamides is 1. The third-order valence-corrected chi connectivity index (χ3v) is 10.8. The van der Waals surface area contributed by atoms with Crippen molar-refractivity contribution >= 4 is 15.9 Å². The minimum atomic E-state index is -3.69. The lowest BCUT2D eigenvalue weighted by Gasteiger charge is -2.25. The van der Waals surface area contributed by atoms with Crippen LogP contribution in [0.1, 0.15) is 107 Å². The Morgan fingerprint density at radius 3 is 2.35 bits per heavy atom.